The van der Waals surface area contributed by atoms with Gasteiger partial charge in [-0.05, 0) is 72.1 Å². The molecule has 0 unspecified atom stereocenters. The van der Waals surface area contributed by atoms with Gasteiger partial charge in [-0.3, -0.25) is 13.8 Å². The highest BCUT2D eigenvalue weighted by Crippen LogP contribution is 2.31. The van der Waals surface area contributed by atoms with Gasteiger partial charge in [-0.2, -0.15) is 0 Å². The van der Waals surface area contributed by atoms with Crippen LogP contribution in [0.25, 0.3) is 0 Å². The number of sulfonamides is 2. The highest BCUT2D eigenvalue weighted by Gasteiger charge is 2.22. The smallest absolute Gasteiger partial charge is 0.273 e. The topological polar surface area (TPSA) is 113 Å². The largest absolute Gasteiger partial charge is 0.322 e. The second-order valence-corrected chi connectivity index (χ2v) is 13.2. The lowest BCUT2D eigenvalue weighted by Gasteiger charge is -2.18. The van der Waals surface area contributed by atoms with Gasteiger partial charge in [0.2, 0.25) is 0 Å². The van der Waals surface area contributed by atoms with Gasteiger partial charge in [-0.15, -0.1) is 11.3 Å². The van der Waals surface area contributed by atoms with E-state index in [0.29, 0.717) is 16.9 Å². The van der Waals surface area contributed by atoms with Crippen molar-refractivity contribution in [2.24, 2.45) is 0 Å². The zero-order chi connectivity index (χ0) is 26.8. The fraction of sp³-hybridized carbons (Fsp3) is 0.0417. The summed E-state index contributed by atoms with van der Waals surface area (Å²) in [5.74, 6) is -0.449. The molecule has 1 heterocycles. The van der Waals surface area contributed by atoms with E-state index in [4.69, 9.17) is 23.2 Å². The molecule has 13 heteroatoms. The zero-order valence-corrected chi connectivity index (χ0v) is 23.0. The average molecular weight is 597 g/mol. The summed E-state index contributed by atoms with van der Waals surface area (Å²) in [4.78, 5) is 12.6. The maximum Gasteiger partial charge on any atom is 0.273 e. The van der Waals surface area contributed by atoms with Crippen LogP contribution in [0.1, 0.15) is 10.4 Å². The van der Waals surface area contributed by atoms with Crippen LogP contribution in [0.5, 0.6) is 0 Å². The monoisotopic (exact) mass is 595 g/mol. The summed E-state index contributed by atoms with van der Waals surface area (Å²) in [5.41, 5.74) is 1.20. The molecule has 0 spiro atoms. The van der Waals surface area contributed by atoms with Crippen LogP contribution in [0.4, 0.5) is 17.1 Å². The predicted molar refractivity (Wildman–Crippen MR) is 148 cm³/mol. The number of benzene rings is 3. The van der Waals surface area contributed by atoms with Gasteiger partial charge in [0, 0.05) is 18.3 Å². The Morgan fingerprint density at radius 2 is 1.54 bits per heavy atom. The number of hydrogen-bond donors (Lipinski definition) is 2. The van der Waals surface area contributed by atoms with Gasteiger partial charge in [0.1, 0.15) is 4.21 Å². The molecule has 0 saturated carbocycles. The number of halogens is 2. The Labute approximate surface area is 228 Å². The van der Waals surface area contributed by atoms with Gasteiger partial charge in [-0.1, -0.05) is 35.3 Å². The van der Waals surface area contributed by atoms with Crippen LogP contribution in [0.15, 0.2) is 93.3 Å². The number of anilines is 3. The summed E-state index contributed by atoms with van der Waals surface area (Å²) in [7, 11) is -6.20. The Kier molecular flexibility index (Phi) is 7.81. The molecule has 0 radical (unpaired) electrons. The maximum atomic E-state index is 12.7. The Bertz CT molecular complexity index is 1640. The van der Waals surface area contributed by atoms with Crippen molar-refractivity contribution >= 4 is 77.6 Å². The first-order valence-electron chi connectivity index (χ1n) is 10.5. The first-order valence-corrected chi connectivity index (χ1v) is 15.1. The molecule has 8 nitrogen and oxygen atoms in total. The van der Waals surface area contributed by atoms with E-state index in [-0.39, 0.29) is 24.8 Å². The highest BCUT2D eigenvalue weighted by atomic mass is 35.5. The molecule has 37 heavy (non-hydrogen) atoms. The molecule has 0 aliphatic heterocycles. The first-order chi connectivity index (χ1) is 17.5. The maximum absolute atomic E-state index is 12.7. The van der Waals surface area contributed by atoms with Crippen molar-refractivity contribution in [1.82, 2.24) is 0 Å². The molecule has 1 amide bonds. The lowest BCUT2D eigenvalue weighted by atomic mass is 10.2. The van der Waals surface area contributed by atoms with Crippen molar-refractivity contribution in [2.45, 2.75) is 9.10 Å². The number of thiophene rings is 1. The van der Waals surface area contributed by atoms with Crippen LogP contribution in [-0.2, 0) is 20.0 Å². The van der Waals surface area contributed by atoms with Gasteiger partial charge < -0.3 is 5.32 Å². The quantitative estimate of drug-likeness (QED) is 0.262. The number of nitrogens with one attached hydrogen (secondary N) is 2. The van der Waals surface area contributed by atoms with E-state index in [0.717, 1.165) is 15.6 Å². The van der Waals surface area contributed by atoms with Gasteiger partial charge in [0.25, 0.3) is 26.0 Å². The molecule has 0 atom stereocenters. The third kappa shape index (κ3) is 5.91. The fourth-order valence-electron chi connectivity index (χ4n) is 3.21. The Hall–Kier alpha value is -3.09. The molecule has 1 aromatic heterocycles. The van der Waals surface area contributed by atoms with Crippen LogP contribution in [0.2, 0.25) is 10.0 Å². The number of carbonyl (C=O) groups is 1. The standard InChI is InChI=1S/C24H19Cl2N3O5S3/c1-29(37(33,34)22-6-3-15-35-22)18-11-7-16(8-12-18)24(30)27-17-9-13-19(14-10-17)36(31,32)28-21-5-2-4-20(25)23(21)26/h2-15,28H,1H3,(H,27,30). The minimum Gasteiger partial charge on any atom is -0.322 e. The van der Waals surface area contributed by atoms with Crippen molar-refractivity contribution in [3.8, 4) is 0 Å². The molecule has 0 aliphatic carbocycles. The van der Waals surface area contributed by atoms with Crippen molar-refractivity contribution in [3.05, 3.63) is 99.9 Å². The molecular formula is C24H19Cl2N3O5S3. The zero-order valence-electron chi connectivity index (χ0n) is 19.1. The van der Waals surface area contributed by atoms with E-state index in [1.807, 2.05) is 0 Å². The van der Waals surface area contributed by atoms with Crippen molar-refractivity contribution in [1.29, 1.82) is 0 Å². The van der Waals surface area contributed by atoms with E-state index in [2.05, 4.69) is 10.0 Å². The van der Waals surface area contributed by atoms with Gasteiger partial charge in [0.05, 0.1) is 26.3 Å². The molecule has 3 aromatic carbocycles. The van der Waals surface area contributed by atoms with Gasteiger partial charge in [0.15, 0.2) is 0 Å². The van der Waals surface area contributed by atoms with E-state index >= 15 is 0 Å². The predicted octanol–water partition coefficient (Wildman–Crippen LogP) is 5.93. The SMILES string of the molecule is CN(c1ccc(C(=O)Nc2ccc(S(=O)(=O)Nc3cccc(Cl)c3Cl)cc2)cc1)S(=O)(=O)c1cccs1. The summed E-state index contributed by atoms with van der Waals surface area (Å²) < 4.78 is 54.5. The van der Waals surface area contributed by atoms with Crippen LogP contribution in [-0.4, -0.2) is 29.8 Å². The number of rotatable bonds is 8. The third-order valence-corrected chi connectivity index (χ3v) is 10.6. The molecule has 2 N–H and O–H groups in total. The molecule has 4 aromatic rings. The Balaban J connectivity index is 1.44. The average Bonchev–Trinajstić information content (AvgIpc) is 3.43. The van der Waals surface area contributed by atoms with Crippen LogP contribution in [0, 0.1) is 0 Å². The first kappa shape index (κ1) is 27.0. The van der Waals surface area contributed by atoms with E-state index in [1.165, 1.54) is 73.8 Å². The summed E-state index contributed by atoms with van der Waals surface area (Å²) in [6.07, 6.45) is 0. The number of hydrogen-bond acceptors (Lipinski definition) is 6. The van der Waals surface area contributed by atoms with Crippen molar-refractivity contribution in [3.63, 3.8) is 0 Å². The summed E-state index contributed by atoms with van der Waals surface area (Å²) >= 11 is 13.1. The normalized spacial score (nSPS) is 11.6. The number of amides is 1. The summed E-state index contributed by atoms with van der Waals surface area (Å²) in [5, 5.41) is 4.66. The molecule has 192 valence electrons. The number of nitrogens with zero attached hydrogens (tertiary/aromatic N) is 1. The van der Waals surface area contributed by atoms with Crippen LogP contribution < -0.4 is 14.3 Å². The molecule has 0 aliphatic rings. The molecule has 0 bridgehead atoms. The van der Waals surface area contributed by atoms with E-state index < -0.39 is 26.0 Å². The minimum absolute atomic E-state index is 0.0409. The molecule has 0 fully saturated rings. The number of carbonyl (C=O) groups excluding carboxylic acids is 1. The fourth-order valence-corrected chi connectivity index (χ4v) is 7.05. The summed E-state index contributed by atoms with van der Waals surface area (Å²) in [6.45, 7) is 0. The molecule has 4 rings (SSSR count). The van der Waals surface area contributed by atoms with Crippen molar-refractivity contribution in [2.75, 3.05) is 21.4 Å². The Morgan fingerprint density at radius 1 is 0.865 bits per heavy atom. The van der Waals surface area contributed by atoms with Crippen LogP contribution >= 0.6 is 34.5 Å². The van der Waals surface area contributed by atoms with Gasteiger partial charge in [-0.25, -0.2) is 16.8 Å². The Morgan fingerprint density at radius 3 is 2.16 bits per heavy atom. The minimum atomic E-state index is -3.95. The van der Waals surface area contributed by atoms with Crippen molar-refractivity contribution < 1.29 is 21.6 Å². The lowest BCUT2D eigenvalue weighted by molar-refractivity contribution is 0.102. The lowest BCUT2D eigenvalue weighted by Crippen LogP contribution is -2.25. The van der Waals surface area contributed by atoms with E-state index in [9.17, 15) is 21.6 Å². The second kappa shape index (κ2) is 10.7. The van der Waals surface area contributed by atoms with Gasteiger partial charge >= 0.3 is 0 Å². The highest BCUT2D eigenvalue weighted by molar-refractivity contribution is 7.94. The molecule has 0 saturated heterocycles. The summed E-state index contributed by atoms with van der Waals surface area (Å²) in [6, 6.07) is 19.4. The third-order valence-electron chi connectivity index (χ3n) is 5.22. The molecular weight excluding hydrogens is 577 g/mol. The van der Waals surface area contributed by atoms with E-state index in [1.54, 1.807) is 17.5 Å². The second-order valence-electron chi connectivity index (χ2n) is 7.64. The van der Waals surface area contributed by atoms with Crippen LogP contribution in [0.3, 0.4) is 0 Å².